The molecule has 1 saturated carbocycles. The molecule has 0 saturated heterocycles. The summed E-state index contributed by atoms with van der Waals surface area (Å²) in [5.74, 6) is -1.41. The number of ether oxygens (including phenoxy) is 1. The zero-order chi connectivity index (χ0) is 20.8. The van der Waals surface area contributed by atoms with Gasteiger partial charge in [0.25, 0.3) is 0 Å². The predicted molar refractivity (Wildman–Crippen MR) is 110 cm³/mol. The summed E-state index contributed by atoms with van der Waals surface area (Å²) in [6, 6.07) is 16.5. The molecule has 1 aliphatic rings. The number of benzene rings is 2. The lowest BCUT2D eigenvalue weighted by molar-refractivity contribution is -0.134. The maximum atomic E-state index is 12.8. The third-order valence-electron chi connectivity index (χ3n) is 5.03. The molecule has 0 spiro atoms. The van der Waals surface area contributed by atoms with Crippen molar-refractivity contribution in [1.82, 2.24) is 4.90 Å². The van der Waals surface area contributed by atoms with Crippen molar-refractivity contribution in [2.45, 2.75) is 26.8 Å². The number of nitrogens with zero attached hydrogens (tertiary/aromatic N) is 1. The van der Waals surface area contributed by atoms with Gasteiger partial charge in [0.1, 0.15) is 0 Å². The SMILES string of the molecule is CCOC(=O)c1ccccc1NC(=O)C1CC1C(=O)N(CC)Cc1ccccc1. The average Bonchev–Trinajstić information content (AvgIpc) is 3.54. The Balaban J connectivity index is 1.62. The van der Waals surface area contributed by atoms with E-state index in [4.69, 9.17) is 4.74 Å². The molecule has 1 N–H and O–H groups in total. The Morgan fingerprint density at radius 2 is 1.69 bits per heavy atom. The fraction of sp³-hybridized carbons (Fsp3) is 0.348. The van der Waals surface area contributed by atoms with Gasteiger partial charge in [0.05, 0.1) is 29.7 Å². The van der Waals surface area contributed by atoms with Crippen LogP contribution in [0.3, 0.4) is 0 Å². The Morgan fingerprint density at radius 3 is 2.38 bits per heavy atom. The lowest BCUT2D eigenvalue weighted by Crippen LogP contribution is -2.33. The van der Waals surface area contributed by atoms with E-state index in [-0.39, 0.29) is 30.3 Å². The van der Waals surface area contributed by atoms with E-state index >= 15 is 0 Å². The van der Waals surface area contributed by atoms with Gasteiger partial charge >= 0.3 is 5.97 Å². The average molecular weight is 394 g/mol. The largest absolute Gasteiger partial charge is 0.462 e. The van der Waals surface area contributed by atoms with Gasteiger partial charge in [0.2, 0.25) is 11.8 Å². The van der Waals surface area contributed by atoms with Crippen molar-refractivity contribution < 1.29 is 19.1 Å². The first-order valence-corrected chi connectivity index (χ1v) is 9.94. The van der Waals surface area contributed by atoms with Crippen LogP contribution in [0.5, 0.6) is 0 Å². The van der Waals surface area contributed by atoms with Crippen LogP contribution in [-0.4, -0.2) is 35.8 Å². The van der Waals surface area contributed by atoms with Crippen LogP contribution >= 0.6 is 0 Å². The Kier molecular flexibility index (Phi) is 6.65. The van der Waals surface area contributed by atoms with E-state index < -0.39 is 5.97 Å². The number of carbonyl (C=O) groups excluding carboxylic acids is 3. The number of nitrogens with one attached hydrogen (secondary N) is 1. The van der Waals surface area contributed by atoms with Crippen molar-refractivity contribution in [3.8, 4) is 0 Å². The van der Waals surface area contributed by atoms with E-state index in [2.05, 4.69) is 5.32 Å². The van der Waals surface area contributed by atoms with Crippen LogP contribution in [0.15, 0.2) is 54.6 Å². The van der Waals surface area contributed by atoms with Crippen molar-refractivity contribution in [3.63, 3.8) is 0 Å². The fourth-order valence-electron chi connectivity index (χ4n) is 3.35. The van der Waals surface area contributed by atoms with Crippen molar-refractivity contribution in [3.05, 3.63) is 65.7 Å². The van der Waals surface area contributed by atoms with Gasteiger partial charge in [-0.25, -0.2) is 4.79 Å². The molecule has 0 radical (unpaired) electrons. The van der Waals surface area contributed by atoms with E-state index in [1.54, 1.807) is 36.1 Å². The monoisotopic (exact) mass is 394 g/mol. The van der Waals surface area contributed by atoms with Gasteiger partial charge in [-0.05, 0) is 38.0 Å². The van der Waals surface area contributed by atoms with Gasteiger partial charge < -0.3 is 15.0 Å². The second-order valence-electron chi connectivity index (χ2n) is 7.04. The van der Waals surface area contributed by atoms with Crippen LogP contribution in [0.25, 0.3) is 0 Å². The fourth-order valence-corrected chi connectivity index (χ4v) is 3.35. The molecule has 152 valence electrons. The molecule has 29 heavy (non-hydrogen) atoms. The lowest BCUT2D eigenvalue weighted by atomic mass is 10.1. The predicted octanol–water partition coefficient (Wildman–Crippen LogP) is 3.49. The molecule has 3 rings (SSSR count). The van der Waals surface area contributed by atoms with Crippen LogP contribution in [-0.2, 0) is 20.9 Å². The van der Waals surface area contributed by atoms with Gasteiger partial charge in [0.15, 0.2) is 0 Å². The first-order chi connectivity index (χ1) is 14.0. The Bertz CT molecular complexity index is 881. The summed E-state index contributed by atoms with van der Waals surface area (Å²) in [6.07, 6.45) is 0.525. The Morgan fingerprint density at radius 1 is 1.00 bits per heavy atom. The molecule has 2 aromatic rings. The highest BCUT2D eigenvalue weighted by atomic mass is 16.5. The van der Waals surface area contributed by atoms with E-state index in [9.17, 15) is 14.4 Å². The van der Waals surface area contributed by atoms with Crippen LogP contribution in [0.1, 0.15) is 36.2 Å². The number of hydrogen-bond acceptors (Lipinski definition) is 4. The maximum absolute atomic E-state index is 12.8. The number of amides is 2. The van der Waals surface area contributed by atoms with Crippen LogP contribution < -0.4 is 5.32 Å². The molecule has 1 fully saturated rings. The summed E-state index contributed by atoms with van der Waals surface area (Å²) in [5.41, 5.74) is 1.78. The molecular formula is C23H26N2O4. The molecule has 6 heteroatoms. The Labute approximate surface area is 170 Å². The number of anilines is 1. The first-order valence-electron chi connectivity index (χ1n) is 9.94. The Hall–Kier alpha value is -3.15. The highest BCUT2D eigenvalue weighted by molar-refractivity contribution is 6.04. The summed E-state index contributed by atoms with van der Waals surface area (Å²) in [6.45, 7) is 5.05. The van der Waals surface area contributed by atoms with Gasteiger partial charge in [-0.2, -0.15) is 0 Å². The van der Waals surface area contributed by atoms with Crippen LogP contribution in [0.4, 0.5) is 5.69 Å². The second-order valence-corrected chi connectivity index (χ2v) is 7.04. The number of esters is 1. The minimum absolute atomic E-state index is 0.00446. The van der Waals surface area contributed by atoms with Crippen molar-refractivity contribution in [1.29, 1.82) is 0 Å². The molecule has 2 amide bonds. The summed E-state index contributed by atoms with van der Waals surface area (Å²) in [7, 11) is 0. The van der Waals surface area contributed by atoms with Crippen LogP contribution in [0, 0.1) is 11.8 Å². The molecule has 0 aliphatic heterocycles. The highest BCUT2D eigenvalue weighted by Gasteiger charge is 2.49. The summed E-state index contributed by atoms with van der Waals surface area (Å²) in [5, 5.41) is 2.79. The minimum Gasteiger partial charge on any atom is -0.462 e. The van der Waals surface area contributed by atoms with E-state index in [1.165, 1.54) is 0 Å². The van der Waals surface area contributed by atoms with Gasteiger partial charge in [0, 0.05) is 13.1 Å². The standard InChI is InChI=1S/C23H26N2O4/c1-3-25(15-16-10-6-5-7-11-16)22(27)19-14-18(19)21(26)24-20-13-9-8-12-17(20)23(28)29-4-2/h5-13,18-19H,3-4,14-15H2,1-2H3,(H,24,26). The van der Waals surface area contributed by atoms with E-state index in [0.717, 1.165) is 5.56 Å². The maximum Gasteiger partial charge on any atom is 0.340 e. The zero-order valence-electron chi connectivity index (χ0n) is 16.8. The van der Waals surface area contributed by atoms with Gasteiger partial charge in [-0.1, -0.05) is 42.5 Å². The molecule has 2 aromatic carbocycles. The number of para-hydroxylation sites is 1. The normalized spacial score (nSPS) is 17.3. The molecular weight excluding hydrogens is 368 g/mol. The van der Waals surface area contributed by atoms with Crippen LogP contribution in [0.2, 0.25) is 0 Å². The van der Waals surface area contributed by atoms with Crippen molar-refractivity contribution in [2.75, 3.05) is 18.5 Å². The first kappa shape index (κ1) is 20.6. The summed E-state index contributed by atoms with van der Waals surface area (Å²) < 4.78 is 5.04. The third kappa shape index (κ3) is 5.02. The van der Waals surface area contributed by atoms with Crippen molar-refractivity contribution >= 4 is 23.5 Å². The summed E-state index contributed by atoms with van der Waals surface area (Å²) >= 11 is 0. The minimum atomic E-state index is -0.480. The smallest absolute Gasteiger partial charge is 0.340 e. The zero-order valence-corrected chi connectivity index (χ0v) is 16.8. The molecule has 0 heterocycles. The molecule has 2 unspecified atom stereocenters. The quantitative estimate of drug-likeness (QED) is 0.696. The topological polar surface area (TPSA) is 75.7 Å². The molecule has 0 aromatic heterocycles. The summed E-state index contributed by atoms with van der Waals surface area (Å²) in [4.78, 5) is 39.3. The highest BCUT2D eigenvalue weighted by Crippen LogP contribution is 2.41. The second kappa shape index (κ2) is 9.37. The third-order valence-corrected chi connectivity index (χ3v) is 5.03. The molecule has 0 bridgehead atoms. The molecule has 2 atom stereocenters. The van der Waals surface area contributed by atoms with E-state index in [1.807, 2.05) is 37.3 Å². The molecule has 1 aliphatic carbocycles. The number of hydrogen-bond donors (Lipinski definition) is 1. The van der Waals surface area contributed by atoms with Gasteiger partial charge in [-0.15, -0.1) is 0 Å². The number of rotatable bonds is 8. The molecule has 6 nitrogen and oxygen atoms in total. The lowest BCUT2D eigenvalue weighted by Gasteiger charge is -2.21. The van der Waals surface area contributed by atoms with Crippen molar-refractivity contribution in [2.24, 2.45) is 11.8 Å². The number of carbonyl (C=O) groups is 3. The van der Waals surface area contributed by atoms with Gasteiger partial charge in [-0.3, -0.25) is 9.59 Å². The van der Waals surface area contributed by atoms with E-state index in [0.29, 0.717) is 30.8 Å².